The summed E-state index contributed by atoms with van der Waals surface area (Å²) in [4.78, 5) is 18.7. The number of benzene rings is 2. The molecule has 0 saturated carbocycles. The summed E-state index contributed by atoms with van der Waals surface area (Å²) >= 11 is 11.8. The maximum absolute atomic E-state index is 15.4. The van der Waals surface area contributed by atoms with Gasteiger partial charge in [-0.1, -0.05) is 52.6 Å². The van der Waals surface area contributed by atoms with Gasteiger partial charge >= 0.3 is 6.18 Å². The van der Waals surface area contributed by atoms with E-state index in [1.807, 2.05) is 0 Å². The summed E-state index contributed by atoms with van der Waals surface area (Å²) in [5.74, 6) is -0.818. The maximum Gasteiger partial charge on any atom is 0.435 e. The summed E-state index contributed by atoms with van der Waals surface area (Å²) in [6.07, 6.45) is -5.46. The van der Waals surface area contributed by atoms with Crippen molar-refractivity contribution >= 4 is 45.4 Å². The minimum atomic E-state index is -4.83. The van der Waals surface area contributed by atoms with Crippen LogP contribution in [0.15, 0.2) is 47.6 Å². The third kappa shape index (κ3) is 4.34. The third-order valence-electron chi connectivity index (χ3n) is 6.73. The number of carbonyl (C=O) groups excluding carboxylic acids is 1. The van der Waals surface area contributed by atoms with E-state index in [1.165, 1.54) is 35.2 Å². The van der Waals surface area contributed by atoms with Crippen LogP contribution in [-0.4, -0.2) is 56.4 Å². The molecule has 0 spiro atoms. The van der Waals surface area contributed by atoms with Gasteiger partial charge in [-0.25, -0.2) is 4.39 Å². The van der Waals surface area contributed by atoms with Gasteiger partial charge in [-0.15, -0.1) is 0 Å². The molecule has 3 heterocycles. The van der Waals surface area contributed by atoms with Crippen LogP contribution >= 0.6 is 33.8 Å². The average molecular weight is 567 g/mol. The first-order valence-corrected chi connectivity index (χ1v) is 13.5. The zero-order chi connectivity index (χ0) is 26.1. The second-order valence-electron chi connectivity index (χ2n) is 9.36. The molecule has 3 aliphatic rings. The van der Waals surface area contributed by atoms with Gasteiger partial charge in [0, 0.05) is 22.0 Å². The van der Waals surface area contributed by atoms with Crippen LogP contribution in [0.1, 0.15) is 23.1 Å². The Balaban J connectivity index is 1.29. The molecule has 13 heteroatoms. The van der Waals surface area contributed by atoms with Crippen LogP contribution in [-0.2, 0) is 20.9 Å². The van der Waals surface area contributed by atoms with Gasteiger partial charge < -0.3 is 9.74 Å². The highest BCUT2D eigenvalue weighted by Crippen LogP contribution is 2.53. The van der Waals surface area contributed by atoms with Crippen molar-refractivity contribution in [3.05, 3.63) is 69.2 Å². The highest BCUT2D eigenvalue weighted by atomic mass is 35.5. The summed E-state index contributed by atoms with van der Waals surface area (Å²) < 4.78 is 76.8. The number of hydrogen-bond acceptors (Lipinski definition) is 5. The van der Waals surface area contributed by atoms with Crippen molar-refractivity contribution in [2.75, 3.05) is 24.6 Å². The predicted molar refractivity (Wildman–Crippen MR) is 128 cm³/mol. The Morgan fingerprint density at radius 3 is 2.17 bits per heavy atom. The smallest absolute Gasteiger partial charge is 0.374 e. The number of likely N-dealkylation sites (tertiary alicyclic amines) is 1. The lowest BCUT2D eigenvalue weighted by Crippen LogP contribution is -2.62. The van der Waals surface area contributed by atoms with E-state index in [-0.39, 0.29) is 57.4 Å². The summed E-state index contributed by atoms with van der Waals surface area (Å²) in [5, 5.41) is 3.74. The van der Waals surface area contributed by atoms with Crippen LogP contribution in [0.5, 0.6) is 0 Å². The topological polar surface area (TPSA) is 82.4 Å². The molecule has 6 nitrogen and oxygen atoms in total. The predicted octanol–water partition coefficient (Wildman–Crippen LogP) is 5.96. The average Bonchev–Trinajstić information content (AvgIpc) is 3.21. The first-order valence-electron chi connectivity index (χ1n) is 10.8. The zero-order valence-corrected chi connectivity index (χ0v) is 20.8. The first kappa shape index (κ1) is 25.6. The van der Waals surface area contributed by atoms with E-state index in [0.717, 1.165) is 12.1 Å². The standard InChI is InChI=1S/C23H20Cl2F4N2O4S/c24-17-5-16(6-18(25)7-17)22(23(27,28)29)8-19(30-35-22)13-1-3-15(4-2-13)21(26)11-31(12-21)20(32)14-9-36(33,34)10-14/h1-7,14,33-34H,8-12H2. The molecule has 2 aromatic carbocycles. The maximum atomic E-state index is 15.4. The number of hydrogen-bond donors (Lipinski definition) is 2. The highest BCUT2D eigenvalue weighted by molar-refractivity contribution is 8.25. The molecule has 1 amide bonds. The lowest BCUT2D eigenvalue weighted by atomic mass is 9.84. The lowest BCUT2D eigenvalue weighted by Gasteiger charge is -2.51. The van der Waals surface area contributed by atoms with Gasteiger partial charge in [0.2, 0.25) is 5.91 Å². The van der Waals surface area contributed by atoms with Gasteiger partial charge in [0.15, 0.2) is 5.67 Å². The fraction of sp³-hybridized carbons (Fsp3) is 0.391. The molecule has 0 aromatic heterocycles. The summed E-state index contributed by atoms with van der Waals surface area (Å²) in [6.45, 7) is -0.366. The molecule has 1 atom stereocenters. The lowest BCUT2D eigenvalue weighted by molar-refractivity contribution is -0.275. The van der Waals surface area contributed by atoms with Gasteiger partial charge in [0.05, 0.1) is 36.2 Å². The third-order valence-corrected chi connectivity index (χ3v) is 9.04. The minimum absolute atomic E-state index is 0.00130. The molecular formula is C23H20Cl2F4N2O4S. The Morgan fingerprint density at radius 1 is 1.06 bits per heavy atom. The molecule has 0 aliphatic carbocycles. The molecule has 1 unspecified atom stereocenters. The van der Waals surface area contributed by atoms with Crippen LogP contribution in [0.2, 0.25) is 10.0 Å². The number of rotatable bonds is 4. The molecule has 2 fully saturated rings. The van der Waals surface area contributed by atoms with E-state index in [0.29, 0.717) is 5.56 Å². The largest absolute Gasteiger partial charge is 0.435 e. The normalized spacial score (nSPS) is 25.9. The Labute approximate surface area is 215 Å². The molecule has 0 radical (unpaired) electrons. The van der Waals surface area contributed by atoms with E-state index < -0.39 is 40.4 Å². The van der Waals surface area contributed by atoms with E-state index >= 15 is 4.39 Å². The van der Waals surface area contributed by atoms with Crippen LogP contribution in [0.3, 0.4) is 0 Å². The second-order valence-corrected chi connectivity index (χ2v) is 12.5. The van der Waals surface area contributed by atoms with Crippen LogP contribution in [0, 0.1) is 5.92 Å². The van der Waals surface area contributed by atoms with Crippen LogP contribution in [0.25, 0.3) is 0 Å². The van der Waals surface area contributed by atoms with E-state index in [4.69, 9.17) is 28.0 Å². The number of alkyl halides is 4. The van der Waals surface area contributed by atoms with Gasteiger partial charge in [-0.3, -0.25) is 13.9 Å². The number of oxime groups is 1. The quantitative estimate of drug-likeness (QED) is 0.447. The van der Waals surface area contributed by atoms with E-state index in [9.17, 15) is 27.1 Å². The van der Waals surface area contributed by atoms with E-state index in [1.54, 1.807) is 0 Å². The van der Waals surface area contributed by atoms with Crippen molar-refractivity contribution in [3.63, 3.8) is 0 Å². The Hall–Kier alpha value is -2.05. The molecule has 2 saturated heterocycles. The molecule has 3 aliphatic heterocycles. The SMILES string of the molecule is O=C(C1CS(O)(O)C1)N1CC(F)(c2ccc(C3=NOC(c4cc(Cl)cc(Cl)c4)(C(F)(F)F)C3)cc2)C1. The van der Waals surface area contributed by atoms with Crippen LogP contribution in [0.4, 0.5) is 17.6 Å². The molecule has 0 bridgehead atoms. The molecule has 2 N–H and O–H groups in total. The Morgan fingerprint density at radius 2 is 1.64 bits per heavy atom. The molecular weight excluding hydrogens is 547 g/mol. The fourth-order valence-electron chi connectivity index (χ4n) is 4.70. The van der Waals surface area contributed by atoms with Crippen molar-refractivity contribution < 1.29 is 36.3 Å². The van der Waals surface area contributed by atoms with Crippen molar-refractivity contribution in [3.8, 4) is 0 Å². The fourth-order valence-corrected chi connectivity index (χ4v) is 6.70. The summed E-state index contributed by atoms with van der Waals surface area (Å²) in [6, 6.07) is 9.39. The Bertz CT molecular complexity index is 1220. The zero-order valence-electron chi connectivity index (χ0n) is 18.4. The molecule has 36 heavy (non-hydrogen) atoms. The van der Waals surface area contributed by atoms with Gasteiger partial charge in [0.1, 0.15) is 0 Å². The number of nitrogens with zero attached hydrogens (tertiary/aromatic N) is 2. The van der Waals surface area contributed by atoms with E-state index in [2.05, 4.69) is 5.16 Å². The highest BCUT2D eigenvalue weighted by Gasteiger charge is 2.62. The first-order chi connectivity index (χ1) is 16.7. The monoisotopic (exact) mass is 566 g/mol. The molecule has 5 rings (SSSR count). The second kappa shape index (κ2) is 8.49. The molecule has 2 aromatic rings. The summed E-state index contributed by atoms with van der Waals surface area (Å²) in [5.41, 5.74) is -4.23. The number of halogens is 6. The minimum Gasteiger partial charge on any atom is -0.374 e. The van der Waals surface area contributed by atoms with Crippen molar-refractivity contribution in [2.24, 2.45) is 11.1 Å². The van der Waals surface area contributed by atoms with Crippen molar-refractivity contribution in [2.45, 2.75) is 23.9 Å². The number of carbonyl (C=O) groups is 1. The summed E-state index contributed by atoms with van der Waals surface area (Å²) in [7, 11) is -2.67. The van der Waals surface area contributed by atoms with Gasteiger partial charge in [0.25, 0.3) is 5.60 Å². The van der Waals surface area contributed by atoms with Crippen LogP contribution < -0.4 is 0 Å². The van der Waals surface area contributed by atoms with Crippen molar-refractivity contribution in [1.29, 1.82) is 0 Å². The number of amides is 1. The Kier molecular flexibility index (Phi) is 6.03. The molecule has 194 valence electrons. The van der Waals surface area contributed by atoms with Gasteiger partial charge in [-0.2, -0.15) is 23.8 Å². The van der Waals surface area contributed by atoms with Crippen molar-refractivity contribution in [1.82, 2.24) is 4.90 Å². The van der Waals surface area contributed by atoms with Gasteiger partial charge in [-0.05, 0) is 29.3 Å².